The fourth-order valence-electron chi connectivity index (χ4n) is 2.58. The van der Waals surface area contributed by atoms with E-state index in [-0.39, 0.29) is 11.9 Å². The van der Waals surface area contributed by atoms with Crippen molar-refractivity contribution in [2.45, 2.75) is 39.9 Å². The number of aromatic nitrogens is 3. The van der Waals surface area contributed by atoms with E-state index in [1.54, 1.807) is 6.33 Å². The van der Waals surface area contributed by atoms with Crippen LogP contribution in [0.2, 0.25) is 0 Å². The first-order valence-electron chi connectivity index (χ1n) is 7.71. The number of amides is 1. The molecule has 7 nitrogen and oxygen atoms in total. The quantitative estimate of drug-likeness (QED) is 0.763. The number of nitrogens with zero attached hydrogens (tertiary/aromatic N) is 4. The van der Waals surface area contributed by atoms with Gasteiger partial charge >= 0.3 is 0 Å². The Kier molecular flexibility index (Phi) is 5.69. The number of piperazine rings is 1. The van der Waals surface area contributed by atoms with Crippen LogP contribution >= 0.6 is 0 Å². The number of likely N-dealkylation sites (N-methyl/N-ethyl adjacent to an activating group) is 1. The number of hydrogen-bond donors (Lipinski definition) is 2. The maximum atomic E-state index is 12.2. The van der Waals surface area contributed by atoms with Crippen LogP contribution in [0, 0.1) is 5.92 Å². The molecule has 1 saturated heterocycles. The van der Waals surface area contributed by atoms with Crippen LogP contribution in [0.1, 0.15) is 26.6 Å². The van der Waals surface area contributed by atoms with Crippen LogP contribution in [0.15, 0.2) is 6.33 Å². The smallest absolute Gasteiger partial charge is 0.238 e. The lowest BCUT2D eigenvalue weighted by Crippen LogP contribution is -2.57. The number of nitrogens with one attached hydrogen (secondary N) is 2. The Morgan fingerprint density at radius 1 is 1.57 bits per heavy atom. The minimum Gasteiger partial charge on any atom is -0.355 e. The van der Waals surface area contributed by atoms with E-state index in [9.17, 15) is 4.79 Å². The van der Waals surface area contributed by atoms with Crippen LogP contribution in [0.3, 0.4) is 0 Å². The average Bonchev–Trinajstić information content (AvgIpc) is 2.86. The summed E-state index contributed by atoms with van der Waals surface area (Å²) in [4.78, 5) is 18.7. The van der Waals surface area contributed by atoms with Crippen molar-refractivity contribution in [2.24, 2.45) is 5.92 Å². The third-order valence-corrected chi connectivity index (χ3v) is 3.59. The van der Waals surface area contributed by atoms with Crippen molar-refractivity contribution in [1.82, 2.24) is 30.3 Å². The van der Waals surface area contributed by atoms with E-state index in [0.717, 1.165) is 25.5 Å². The molecule has 1 fully saturated rings. The van der Waals surface area contributed by atoms with Crippen molar-refractivity contribution in [3.05, 3.63) is 12.2 Å². The maximum Gasteiger partial charge on any atom is 0.238 e. The molecule has 1 aliphatic heterocycles. The summed E-state index contributed by atoms with van der Waals surface area (Å²) >= 11 is 0. The summed E-state index contributed by atoms with van der Waals surface area (Å²) < 4.78 is 1.95. The highest BCUT2D eigenvalue weighted by molar-refractivity contribution is 5.82. The largest absolute Gasteiger partial charge is 0.355 e. The van der Waals surface area contributed by atoms with Gasteiger partial charge in [0.25, 0.3) is 0 Å². The number of carbonyl (C=O) groups is 1. The van der Waals surface area contributed by atoms with Gasteiger partial charge in [-0.2, -0.15) is 5.10 Å². The molecule has 1 amide bonds. The standard InChI is InChI=1S/C14H26N6O/c1-4-16-14(21)12-7-15-5-6-19(12)9-13-17-10-18-20(13)8-11(2)3/h10-12,15H,4-9H2,1-3H3,(H,16,21). The molecule has 1 aliphatic rings. The summed E-state index contributed by atoms with van der Waals surface area (Å²) in [5, 5.41) is 10.5. The molecule has 1 atom stereocenters. The summed E-state index contributed by atoms with van der Waals surface area (Å²) in [5.74, 6) is 1.53. The molecule has 118 valence electrons. The Morgan fingerprint density at radius 3 is 3.10 bits per heavy atom. The molecule has 21 heavy (non-hydrogen) atoms. The fraction of sp³-hybridized carbons (Fsp3) is 0.786. The number of rotatable bonds is 6. The maximum absolute atomic E-state index is 12.2. The summed E-state index contributed by atoms with van der Waals surface area (Å²) in [5.41, 5.74) is 0. The Labute approximate surface area is 126 Å². The van der Waals surface area contributed by atoms with Gasteiger partial charge in [-0.05, 0) is 12.8 Å². The van der Waals surface area contributed by atoms with Gasteiger partial charge in [0, 0.05) is 32.7 Å². The van der Waals surface area contributed by atoms with E-state index in [2.05, 4.69) is 39.5 Å². The second kappa shape index (κ2) is 7.51. The molecule has 0 aliphatic carbocycles. The zero-order chi connectivity index (χ0) is 15.2. The van der Waals surface area contributed by atoms with E-state index in [1.807, 2.05) is 11.6 Å². The Hall–Kier alpha value is -1.47. The molecule has 7 heteroatoms. The SMILES string of the molecule is CCNC(=O)C1CNCCN1Cc1ncnn1CC(C)C. The Morgan fingerprint density at radius 2 is 2.38 bits per heavy atom. The molecule has 2 rings (SSSR count). The highest BCUT2D eigenvalue weighted by atomic mass is 16.2. The first-order valence-corrected chi connectivity index (χ1v) is 7.71. The van der Waals surface area contributed by atoms with Crippen molar-refractivity contribution >= 4 is 5.91 Å². The van der Waals surface area contributed by atoms with Gasteiger partial charge in [0.2, 0.25) is 5.91 Å². The predicted octanol–water partition coefficient (Wildman–Crippen LogP) is -0.156. The molecule has 2 N–H and O–H groups in total. The molecule has 0 spiro atoms. The van der Waals surface area contributed by atoms with Gasteiger partial charge in [0.1, 0.15) is 18.2 Å². The second-order valence-electron chi connectivity index (χ2n) is 5.84. The van der Waals surface area contributed by atoms with E-state index in [4.69, 9.17) is 0 Å². The van der Waals surface area contributed by atoms with E-state index < -0.39 is 0 Å². The van der Waals surface area contributed by atoms with E-state index in [1.165, 1.54) is 0 Å². The van der Waals surface area contributed by atoms with Gasteiger partial charge in [-0.15, -0.1) is 0 Å². The van der Waals surface area contributed by atoms with Crippen molar-refractivity contribution in [3.63, 3.8) is 0 Å². The number of carbonyl (C=O) groups excluding carboxylic acids is 1. The lowest BCUT2D eigenvalue weighted by molar-refractivity contribution is -0.127. The molecule has 0 aromatic carbocycles. The molecule has 0 bridgehead atoms. The summed E-state index contributed by atoms with van der Waals surface area (Å²) in [6.45, 7) is 10.9. The van der Waals surface area contributed by atoms with Crippen molar-refractivity contribution in [2.75, 3.05) is 26.2 Å². The topological polar surface area (TPSA) is 75.1 Å². The fourth-order valence-corrected chi connectivity index (χ4v) is 2.58. The van der Waals surface area contributed by atoms with Crippen LogP contribution in [0.25, 0.3) is 0 Å². The third-order valence-electron chi connectivity index (χ3n) is 3.59. The Bertz CT molecular complexity index is 458. The first-order chi connectivity index (χ1) is 10.1. The van der Waals surface area contributed by atoms with Gasteiger partial charge in [-0.3, -0.25) is 9.69 Å². The molecule has 1 aromatic rings. The van der Waals surface area contributed by atoms with Gasteiger partial charge in [0.15, 0.2) is 0 Å². The van der Waals surface area contributed by atoms with Crippen LogP contribution in [-0.4, -0.2) is 57.8 Å². The van der Waals surface area contributed by atoms with Crippen molar-refractivity contribution in [3.8, 4) is 0 Å². The third kappa shape index (κ3) is 4.25. The van der Waals surface area contributed by atoms with Crippen molar-refractivity contribution < 1.29 is 4.79 Å². The predicted molar refractivity (Wildman–Crippen MR) is 80.6 cm³/mol. The van der Waals surface area contributed by atoms with Crippen LogP contribution < -0.4 is 10.6 Å². The highest BCUT2D eigenvalue weighted by Gasteiger charge is 2.29. The first kappa shape index (κ1) is 15.9. The highest BCUT2D eigenvalue weighted by Crippen LogP contribution is 2.10. The summed E-state index contributed by atoms with van der Waals surface area (Å²) in [7, 11) is 0. The lowest BCUT2D eigenvalue weighted by Gasteiger charge is -2.34. The van der Waals surface area contributed by atoms with Crippen molar-refractivity contribution in [1.29, 1.82) is 0 Å². The van der Waals surface area contributed by atoms with Gasteiger partial charge in [0.05, 0.1) is 6.54 Å². The van der Waals surface area contributed by atoms with Crippen LogP contribution in [-0.2, 0) is 17.9 Å². The minimum absolute atomic E-state index is 0.0830. The van der Waals surface area contributed by atoms with Gasteiger partial charge in [-0.1, -0.05) is 13.8 Å². The lowest BCUT2D eigenvalue weighted by atomic mass is 10.1. The second-order valence-corrected chi connectivity index (χ2v) is 5.84. The summed E-state index contributed by atoms with van der Waals surface area (Å²) in [6.07, 6.45) is 1.60. The van der Waals surface area contributed by atoms with Gasteiger partial charge in [-0.25, -0.2) is 9.67 Å². The molecular formula is C14H26N6O. The minimum atomic E-state index is -0.136. The molecular weight excluding hydrogens is 268 g/mol. The van der Waals surface area contributed by atoms with Crippen LogP contribution in [0.4, 0.5) is 0 Å². The Balaban J connectivity index is 2.05. The molecule has 1 unspecified atom stereocenters. The van der Waals surface area contributed by atoms with E-state index >= 15 is 0 Å². The zero-order valence-electron chi connectivity index (χ0n) is 13.2. The molecule has 0 saturated carbocycles. The van der Waals surface area contributed by atoms with Crippen LogP contribution in [0.5, 0.6) is 0 Å². The zero-order valence-corrected chi connectivity index (χ0v) is 13.2. The normalized spacial score (nSPS) is 19.9. The average molecular weight is 294 g/mol. The molecule has 0 radical (unpaired) electrons. The van der Waals surface area contributed by atoms with Gasteiger partial charge < -0.3 is 10.6 Å². The van der Waals surface area contributed by atoms with E-state index in [0.29, 0.717) is 25.6 Å². The molecule has 1 aromatic heterocycles. The number of hydrogen-bond acceptors (Lipinski definition) is 5. The monoisotopic (exact) mass is 294 g/mol. The summed E-state index contributed by atoms with van der Waals surface area (Å²) in [6, 6.07) is -0.136. The molecule has 2 heterocycles.